The molecule has 1 aromatic carbocycles. The van der Waals surface area contributed by atoms with Crippen LogP contribution in [0.15, 0.2) is 30.3 Å². The summed E-state index contributed by atoms with van der Waals surface area (Å²) in [5, 5.41) is 6.18. The second-order valence-corrected chi connectivity index (χ2v) is 8.05. The first-order valence-electron chi connectivity index (χ1n) is 9.31. The van der Waals surface area contributed by atoms with Crippen LogP contribution in [-0.4, -0.2) is 48.0 Å². The zero-order valence-corrected chi connectivity index (χ0v) is 17.3. The standard InChI is InChI=1S/C21H31N5O/c1-15-23-18(20(27)22-12-7-13-26(5)6)14-19(24-15)25-17-10-8-16(9-11-17)21(2,3)4/h8-11,14H,7,12-13H2,1-6H3,(H,22,27)(H,23,24,25). The molecule has 0 saturated carbocycles. The number of anilines is 2. The van der Waals surface area contributed by atoms with E-state index in [2.05, 4.69) is 58.4 Å². The van der Waals surface area contributed by atoms with Crippen LogP contribution in [0.5, 0.6) is 0 Å². The molecule has 0 saturated heterocycles. The summed E-state index contributed by atoms with van der Waals surface area (Å²) >= 11 is 0. The van der Waals surface area contributed by atoms with Crippen molar-refractivity contribution >= 4 is 17.4 Å². The smallest absolute Gasteiger partial charge is 0.270 e. The summed E-state index contributed by atoms with van der Waals surface area (Å²) in [6.45, 7) is 9.90. The van der Waals surface area contributed by atoms with Crippen LogP contribution >= 0.6 is 0 Å². The maximum atomic E-state index is 12.4. The van der Waals surface area contributed by atoms with E-state index in [1.165, 1.54) is 5.56 Å². The van der Waals surface area contributed by atoms with E-state index in [1.54, 1.807) is 13.0 Å². The van der Waals surface area contributed by atoms with Gasteiger partial charge in [-0.05, 0) is 57.1 Å². The molecule has 0 aliphatic heterocycles. The molecule has 146 valence electrons. The Morgan fingerprint density at radius 1 is 1.11 bits per heavy atom. The number of aromatic nitrogens is 2. The van der Waals surface area contributed by atoms with Gasteiger partial charge in [-0.1, -0.05) is 32.9 Å². The Morgan fingerprint density at radius 3 is 2.37 bits per heavy atom. The Balaban J connectivity index is 2.05. The summed E-state index contributed by atoms with van der Waals surface area (Å²) < 4.78 is 0. The van der Waals surface area contributed by atoms with E-state index < -0.39 is 0 Å². The van der Waals surface area contributed by atoms with E-state index in [0.29, 0.717) is 23.9 Å². The van der Waals surface area contributed by atoms with Gasteiger partial charge in [0, 0.05) is 18.3 Å². The van der Waals surface area contributed by atoms with Gasteiger partial charge in [0.05, 0.1) is 0 Å². The van der Waals surface area contributed by atoms with Crippen molar-refractivity contribution in [2.75, 3.05) is 32.5 Å². The fourth-order valence-corrected chi connectivity index (χ4v) is 2.64. The third-order valence-electron chi connectivity index (χ3n) is 4.16. The Labute approximate surface area is 162 Å². The van der Waals surface area contributed by atoms with Crippen molar-refractivity contribution < 1.29 is 4.79 Å². The normalized spacial score (nSPS) is 11.5. The number of carbonyl (C=O) groups excluding carboxylic acids is 1. The lowest BCUT2D eigenvalue weighted by atomic mass is 9.87. The van der Waals surface area contributed by atoms with Gasteiger partial charge in [-0.15, -0.1) is 0 Å². The van der Waals surface area contributed by atoms with Crippen molar-refractivity contribution in [2.45, 2.75) is 39.5 Å². The van der Waals surface area contributed by atoms with E-state index >= 15 is 0 Å². The Kier molecular flexibility index (Phi) is 6.91. The Hall–Kier alpha value is -2.47. The molecule has 0 aliphatic rings. The first kappa shape index (κ1) is 20.8. The van der Waals surface area contributed by atoms with Crippen LogP contribution in [0.4, 0.5) is 11.5 Å². The number of rotatable bonds is 7. The van der Waals surface area contributed by atoms with Gasteiger partial charge >= 0.3 is 0 Å². The summed E-state index contributed by atoms with van der Waals surface area (Å²) in [6, 6.07) is 9.95. The molecule has 27 heavy (non-hydrogen) atoms. The lowest BCUT2D eigenvalue weighted by molar-refractivity contribution is 0.0947. The van der Waals surface area contributed by atoms with Gasteiger partial charge in [0.1, 0.15) is 17.3 Å². The van der Waals surface area contributed by atoms with Crippen molar-refractivity contribution in [3.05, 3.63) is 47.4 Å². The Bertz CT molecular complexity index is 763. The number of amides is 1. The predicted octanol–water partition coefficient (Wildman–Crippen LogP) is 3.51. The molecule has 1 amide bonds. The van der Waals surface area contributed by atoms with Crippen molar-refractivity contribution in [1.29, 1.82) is 0 Å². The molecule has 0 atom stereocenters. The molecule has 6 nitrogen and oxygen atoms in total. The first-order chi connectivity index (χ1) is 12.6. The fourth-order valence-electron chi connectivity index (χ4n) is 2.64. The molecule has 0 aliphatic carbocycles. The quantitative estimate of drug-likeness (QED) is 0.731. The molecule has 0 spiro atoms. The largest absolute Gasteiger partial charge is 0.351 e. The molecule has 1 heterocycles. The van der Waals surface area contributed by atoms with Crippen LogP contribution in [0.3, 0.4) is 0 Å². The van der Waals surface area contributed by atoms with E-state index in [1.807, 2.05) is 26.2 Å². The summed E-state index contributed by atoms with van der Waals surface area (Å²) in [5.41, 5.74) is 2.69. The molecule has 0 bridgehead atoms. The molecule has 0 unspecified atom stereocenters. The van der Waals surface area contributed by atoms with Gasteiger partial charge in [0.15, 0.2) is 0 Å². The summed E-state index contributed by atoms with van der Waals surface area (Å²) in [7, 11) is 4.03. The van der Waals surface area contributed by atoms with E-state index in [4.69, 9.17) is 0 Å². The molecule has 2 N–H and O–H groups in total. The van der Waals surface area contributed by atoms with Crippen molar-refractivity contribution in [3.63, 3.8) is 0 Å². The topological polar surface area (TPSA) is 70.2 Å². The van der Waals surface area contributed by atoms with Crippen molar-refractivity contribution in [1.82, 2.24) is 20.2 Å². The molecule has 0 fully saturated rings. The average Bonchev–Trinajstić information content (AvgIpc) is 2.57. The minimum Gasteiger partial charge on any atom is -0.351 e. The minimum atomic E-state index is -0.176. The zero-order valence-electron chi connectivity index (χ0n) is 17.3. The second kappa shape index (κ2) is 8.95. The van der Waals surface area contributed by atoms with E-state index in [9.17, 15) is 4.79 Å². The number of nitrogens with zero attached hydrogens (tertiary/aromatic N) is 3. The van der Waals surface area contributed by atoms with Crippen LogP contribution < -0.4 is 10.6 Å². The van der Waals surface area contributed by atoms with Crippen molar-refractivity contribution in [3.8, 4) is 0 Å². The molecule has 6 heteroatoms. The third-order valence-corrected chi connectivity index (χ3v) is 4.16. The van der Waals surface area contributed by atoms with Gasteiger partial charge in [-0.2, -0.15) is 0 Å². The van der Waals surface area contributed by atoms with Crippen LogP contribution in [0.25, 0.3) is 0 Å². The number of carbonyl (C=O) groups is 1. The van der Waals surface area contributed by atoms with Gasteiger partial charge in [-0.25, -0.2) is 9.97 Å². The summed E-state index contributed by atoms with van der Waals surface area (Å²) in [6.07, 6.45) is 0.897. The number of hydrogen-bond acceptors (Lipinski definition) is 5. The zero-order chi connectivity index (χ0) is 20.0. The SMILES string of the molecule is Cc1nc(Nc2ccc(C(C)(C)C)cc2)cc(C(=O)NCCCN(C)C)n1. The van der Waals surface area contributed by atoms with E-state index in [0.717, 1.165) is 18.7 Å². The molecule has 2 rings (SSSR count). The molecule has 1 aromatic heterocycles. The maximum Gasteiger partial charge on any atom is 0.270 e. The summed E-state index contributed by atoms with van der Waals surface area (Å²) in [5.74, 6) is 1.000. The van der Waals surface area contributed by atoms with Gasteiger partial charge < -0.3 is 15.5 Å². The van der Waals surface area contributed by atoms with Gasteiger partial charge in [0.2, 0.25) is 0 Å². The number of aryl methyl sites for hydroxylation is 1. The third kappa shape index (κ3) is 6.64. The minimum absolute atomic E-state index is 0.113. The van der Waals surface area contributed by atoms with Crippen molar-refractivity contribution in [2.24, 2.45) is 0 Å². The average molecular weight is 370 g/mol. The number of hydrogen-bond donors (Lipinski definition) is 2. The summed E-state index contributed by atoms with van der Waals surface area (Å²) in [4.78, 5) is 23.1. The lowest BCUT2D eigenvalue weighted by Crippen LogP contribution is -2.28. The van der Waals surface area contributed by atoms with E-state index in [-0.39, 0.29) is 11.3 Å². The highest BCUT2D eigenvalue weighted by atomic mass is 16.1. The van der Waals surface area contributed by atoms with Gasteiger partial charge in [0.25, 0.3) is 5.91 Å². The lowest BCUT2D eigenvalue weighted by Gasteiger charge is -2.19. The highest BCUT2D eigenvalue weighted by Crippen LogP contribution is 2.24. The van der Waals surface area contributed by atoms with Crippen LogP contribution in [-0.2, 0) is 5.41 Å². The molecular formula is C21H31N5O. The molecular weight excluding hydrogens is 338 g/mol. The first-order valence-corrected chi connectivity index (χ1v) is 9.31. The highest BCUT2D eigenvalue weighted by molar-refractivity contribution is 5.93. The van der Waals surface area contributed by atoms with Crippen LogP contribution in [0, 0.1) is 6.92 Å². The second-order valence-electron chi connectivity index (χ2n) is 8.05. The molecule has 0 radical (unpaired) electrons. The fraction of sp³-hybridized carbons (Fsp3) is 0.476. The van der Waals surface area contributed by atoms with Crippen LogP contribution in [0.1, 0.15) is 49.1 Å². The van der Waals surface area contributed by atoms with Crippen LogP contribution in [0.2, 0.25) is 0 Å². The monoisotopic (exact) mass is 369 g/mol. The molecule has 2 aromatic rings. The highest BCUT2D eigenvalue weighted by Gasteiger charge is 2.13. The number of nitrogens with one attached hydrogen (secondary N) is 2. The number of benzene rings is 1. The van der Waals surface area contributed by atoms with Gasteiger partial charge in [-0.3, -0.25) is 4.79 Å². The predicted molar refractivity (Wildman–Crippen MR) is 111 cm³/mol. The maximum absolute atomic E-state index is 12.4. The Morgan fingerprint density at radius 2 is 1.78 bits per heavy atom.